The first-order chi connectivity index (χ1) is 11.4. The predicted octanol–water partition coefficient (Wildman–Crippen LogP) is 3.51. The highest BCUT2D eigenvalue weighted by Crippen LogP contribution is 2.26. The number of hydrogen-bond acceptors (Lipinski definition) is 4. The fourth-order valence-electron chi connectivity index (χ4n) is 2.16. The maximum absolute atomic E-state index is 12.6. The fraction of sp³-hybridized carbons (Fsp3) is 0.0625. The molecular formula is C16H10ClIN2O4. The molecule has 0 spiro atoms. The molecule has 1 aromatic carbocycles. The normalized spacial score (nSPS) is 16.7. The smallest absolute Gasteiger partial charge is 0.335 e. The van der Waals surface area contributed by atoms with Crippen LogP contribution in [-0.4, -0.2) is 17.8 Å². The summed E-state index contributed by atoms with van der Waals surface area (Å²) in [4.78, 5) is 37.6. The van der Waals surface area contributed by atoms with Crippen molar-refractivity contribution in [3.05, 3.63) is 56.0 Å². The van der Waals surface area contributed by atoms with Crippen LogP contribution in [0.1, 0.15) is 11.3 Å². The minimum absolute atomic E-state index is 0.197. The molecular weight excluding hydrogens is 447 g/mol. The number of rotatable bonds is 2. The van der Waals surface area contributed by atoms with E-state index in [0.717, 1.165) is 10.5 Å². The Hall–Kier alpha value is -2.13. The fourth-order valence-corrected chi connectivity index (χ4v) is 2.77. The maximum atomic E-state index is 12.6. The standard InChI is InChI=1S/C16H10ClIN2O4/c1-8-2-3-9(6-12(8)17)20-15(22)11(14(21)19-16(20)23)7-10-4-5-13(18)24-10/h2-7H,1H3,(H,19,21,23)/b11-7+. The molecule has 3 rings (SSSR count). The number of hydrogen-bond donors (Lipinski definition) is 1. The van der Waals surface area contributed by atoms with E-state index in [1.807, 2.05) is 22.6 Å². The van der Waals surface area contributed by atoms with Crippen molar-refractivity contribution in [3.8, 4) is 0 Å². The predicted molar refractivity (Wildman–Crippen MR) is 96.6 cm³/mol. The molecule has 0 radical (unpaired) electrons. The number of carbonyl (C=O) groups is 3. The van der Waals surface area contributed by atoms with Gasteiger partial charge in [-0.1, -0.05) is 17.7 Å². The molecule has 122 valence electrons. The van der Waals surface area contributed by atoms with Gasteiger partial charge in [0.2, 0.25) is 0 Å². The first kappa shape index (κ1) is 16.7. The number of aryl methyl sites for hydroxylation is 1. The molecule has 4 amide bonds. The summed E-state index contributed by atoms with van der Waals surface area (Å²) < 4.78 is 5.95. The van der Waals surface area contributed by atoms with Gasteiger partial charge in [0.05, 0.1) is 5.69 Å². The second-order valence-electron chi connectivity index (χ2n) is 5.03. The van der Waals surface area contributed by atoms with Crippen LogP contribution < -0.4 is 10.2 Å². The second-order valence-corrected chi connectivity index (χ2v) is 6.50. The van der Waals surface area contributed by atoms with Crippen molar-refractivity contribution in [2.45, 2.75) is 6.92 Å². The Labute approximate surface area is 155 Å². The Bertz CT molecular complexity index is 903. The molecule has 1 saturated heterocycles. The van der Waals surface area contributed by atoms with Crippen LogP contribution in [0.25, 0.3) is 6.08 Å². The van der Waals surface area contributed by atoms with Crippen LogP contribution in [0.4, 0.5) is 10.5 Å². The molecule has 1 fully saturated rings. The van der Waals surface area contributed by atoms with Gasteiger partial charge >= 0.3 is 6.03 Å². The lowest BCUT2D eigenvalue weighted by molar-refractivity contribution is -0.122. The zero-order chi connectivity index (χ0) is 17.4. The van der Waals surface area contributed by atoms with Gasteiger partial charge in [0.25, 0.3) is 11.8 Å². The van der Waals surface area contributed by atoms with E-state index < -0.39 is 17.8 Å². The highest BCUT2D eigenvalue weighted by atomic mass is 127. The van der Waals surface area contributed by atoms with Gasteiger partial charge in [-0.05, 0) is 65.4 Å². The average Bonchev–Trinajstić information content (AvgIpc) is 2.92. The number of halogens is 2. The van der Waals surface area contributed by atoms with Crippen LogP contribution in [0.5, 0.6) is 0 Å². The molecule has 1 aliphatic heterocycles. The Balaban J connectivity index is 2.02. The van der Waals surface area contributed by atoms with Crippen LogP contribution >= 0.6 is 34.2 Å². The molecule has 0 aliphatic carbocycles. The largest absolute Gasteiger partial charge is 0.451 e. The lowest BCUT2D eigenvalue weighted by Gasteiger charge is -2.26. The van der Waals surface area contributed by atoms with Crippen LogP contribution in [0.2, 0.25) is 5.02 Å². The van der Waals surface area contributed by atoms with Gasteiger partial charge in [0.1, 0.15) is 11.3 Å². The third-order valence-electron chi connectivity index (χ3n) is 3.40. The number of furan rings is 1. The Morgan fingerprint density at radius 2 is 1.96 bits per heavy atom. The number of nitrogens with zero attached hydrogens (tertiary/aromatic N) is 1. The van der Waals surface area contributed by atoms with Gasteiger partial charge in [0.15, 0.2) is 3.77 Å². The summed E-state index contributed by atoms with van der Waals surface area (Å²) in [7, 11) is 0. The Morgan fingerprint density at radius 1 is 1.21 bits per heavy atom. The van der Waals surface area contributed by atoms with Crippen LogP contribution in [0.3, 0.4) is 0 Å². The molecule has 24 heavy (non-hydrogen) atoms. The number of carbonyl (C=O) groups excluding carboxylic acids is 3. The molecule has 0 atom stereocenters. The van der Waals surface area contributed by atoms with Crippen LogP contribution in [0.15, 0.2) is 40.3 Å². The number of imide groups is 2. The van der Waals surface area contributed by atoms with Gasteiger partial charge in [0, 0.05) is 5.02 Å². The Morgan fingerprint density at radius 3 is 2.58 bits per heavy atom. The second kappa shape index (κ2) is 6.40. The number of benzene rings is 1. The summed E-state index contributed by atoms with van der Waals surface area (Å²) in [6, 6.07) is 7.27. The molecule has 1 N–H and O–H groups in total. The van der Waals surface area contributed by atoms with Gasteiger partial charge in [-0.15, -0.1) is 0 Å². The van der Waals surface area contributed by atoms with Crippen molar-refractivity contribution in [3.63, 3.8) is 0 Å². The van der Waals surface area contributed by atoms with Gasteiger partial charge in [-0.2, -0.15) is 0 Å². The molecule has 2 aromatic rings. The third kappa shape index (κ3) is 3.09. The van der Waals surface area contributed by atoms with Crippen molar-refractivity contribution in [1.29, 1.82) is 0 Å². The molecule has 0 saturated carbocycles. The van der Waals surface area contributed by atoms with Gasteiger partial charge in [-0.3, -0.25) is 14.9 Å². The topological polar surface area (TPSA) is 79.6 Å². The number of barbiturate groups is 1. The summed E-state index contributed by atoms with van der Waals surface area (Å²) >= 11 is 8.03. The first-order valence-corrected chi connectivity index (χ1v) is 8.25. The van der Waals surface area contributed by atoms with E-state index in [0.29, 0.717) is 14.5 Å². The summed E-state index contributed by atoms with van der Waals surface area (Å²) in [5.74, 6) is -1.17. The van der Waals surface area contributed by atoms with Crippen molar-refractivity contribution in [1.82, 2.24) is 5.32 Å². The lowest BCUT2D eigenvalue weighted by Crippen LogP contribution is -2.54. The van der Waals surface area contributed by atoms with Crippen molar-refractivity contribution >= 4 is 63.8 Å². The molecule has 1 aromatic heterocycles. The van der Waals surface area contributed by atoms with E-state index >= 15 is 0 Å². The van der Waals surface area contributed by atoms with Gasteiger partial charge < -0.3 is 4.42 Å². The highest BCUT2D eigenvalue weighted by Gasteiger charge is 2.37. The van der Waals surface area contributed by atoms with Crippen LogP contribution in [0, 0.1) is 10.7 Å². The van der Waals surface area contributed by atoms with E-state index in [2.05, 4.69) is 5.32 Å². The van der Waals surface area contributed by atoms with Gasteiger partial charge in [-0.25, -0.2) is 9.69 Å². The molecule has 0 bridgehead atoms. The Kier molecular flexibility index (Phi) is 4.46. The molecule has 2 heterocycles. The SMILES string of the molecule is Cc1ccc(N2C(=O)NC(=O)/C(=C\c3ccc(I)o3)C2=O)cc1Cl. The van der Waals surface area contributed by atoms with E-state index in [4.69, 9.17) is 16.0 Å². The molecule has 1 aliphatic rings. The lowest BCUT2D eigenvalue weighted by atomic mass is 10.1. The van der Waals surface area contributed by atoms with Crippen LogP contribution in [-0.2, 0) is 9.59 Å². The summed E-state index contributed by atoms with van der Waals surface area (Å²) in [6.45, 7) is 1.80. The maximum Gasteiger partial charge on any atom is 0.335 e. The molecule has 8 heteroatoms. The number of nitrogens with one attached hydrogen (secondary N) is 1. The summed E-state index contributed by atoms with van der Waals surface area (Å²) in [6.07, 6.45) is 1.30. The minimum atomic E-state index is -0.823. The molecule has 0 unspecified atom stereocenters. The van der Waals surface area contributed by atoms with E-state index in [9.17, 15) is 14.4 Å². The molecule has 6 nitrogen and oxygen atoms in total. The summed E-state index contributed by atoms with van der Waals surface area (Å²) in [5.41, 5.74) is 0.889. The van der Waals surface area contributed by atoms with Crippen molar-refractivity contribution in [2.24, 2.45) is 0 Å². The quantitative estimate of drug-likeness (QED) is 0.426. The average molecular weight is 457 g/mol. The van der Waals surface area contributed by atoms with E-state index in [1.54, 1.807) is 31.2 Å². The monoisotopic (exact) mass is 456 g/mol. The number of urea groups is 1. The summed E-state index contributed by atoms with van der Waals surface area (Å²) in [5, 5.41) is 2.55. The first-order valence-electron chi connectivity index (χ1n) is 6.80. The minimum Gasteiger partial charge on any atom is -0.451 e. The number of anilines is 1. The van der Waals surface area contributed by atoms with E-state index in [1.165, 1.54) is 12.1 Å². The van der Waals surface area contributed by atoms with E-state index in [-0.39, 0.29) is 11.3 Å². The zero-order valence-corrected chi connectivity index (χ0v) is 15.2. The zero-order valence-electron chi connectivity index (χ0n) is 12.3. The highest BCUT2D eigenvalue weighted by molar-refractivity contribution is 14.1. The number of amides is 4. The van der Waals surface area contributed by atoms with Crippen molar-refractivity contribution < 1.29 is 18.8 Å². The third-order valence-corrected chi connectivity index (χ3v) is 4.38. The van der Waals surface area contributed by atoms with Crippen molar-refractivity contribution in [2.75, 3.05) is 4.90 Å².